The van der Waals surface area contributed by atoms with E-state index in [9.17, 15) is 13.2 Å². The zero-order valence-electron chi connectivity index (χ0n) is 12.0. The minimum Gasteiger partial charge on any atom is -0.303 e. The molecule has 1 aromatic heterocycles. The lowest BCUT2D eigenvalue weighted by molar-refractivity contribution is -0.137. The topological polar surface area (TPSA) is 34.0 Å². The van der Waals surface area contributed by atoms with Crippen LogP contribution in [0.4, 0.5) is 13.2 Å². The summed E-state index contributed by atoms with van der Waals surface area (Å²) in [6, 6.07) is 1.63. The number of nitrogens with zero attached hydrogens (tertiary/aromatic N) is 4. The third-order valence-electron chi connectivity index (χ3n) is 2.89. The Bertz CT molecular complexity index is 672. The maximum absolute atomic E-state index is 12.7. The summed E-state index contributed by atoms with van der Waals surface area (Å²) < 4.78 is 38.2. The van der Waals surface area contributed by atoms with Gasteiger partial charge in [-0.05, 0) is 33.2 Å². The Labute approximate surface area is 135 Å². The lowest BCUT2D eigenvalue weighted by atomic mass is 10.2. The van der Waals surface area contributed by atoms with Crippen LogP contribution < -0.4 is 0 Å². The fourth-order valence-electron chi connectivity index (χ4n) is 1.87. The number of hydrogen-bond donors (Lipinski definition) is 0. The molecule has 0 aliphatic heterocycles. The Hall–Kier alpha value is -1.31. The van der Waals surface area contributed by atoms with Crippen LogP contribution in [-0.2, 0) is 12.7 Å². The molecule has 0 aliphatic carbocycles. The normalized spacial score (nSPS) is 12.2. The highest BCUT2D eigenvalue weighted by Crippen LogP contribution is 2.37. The van der Waals surface area contributed by atoms with E-state index in [1.807, 2.05) is 19.0 Å². The second-order valence-corrected chi connectivity index (χ2v) is 5.86. The lowest BCUT2D eigenvalue weighted by Crippen LogP contribution is -2.12. The lowest BCUT2D eigenvalue weighted by Gasteiger charge is -2.11. The van der Waals surface area contributed by atoms with Gasteiger partial charge in [0.1, 0.15) is 11.4 Å². The highest BCUT2D eigenvalue weighted by atomic mass is 35.5. The van der Waals surface area contributed by atoms with E-state index in [0.717, 1.165) is 12.1 Å². The van der Waals surface area contributed by atoms with Crippen molar-refractivity contribution >= 4 is 23.2 Å². The summed E-state index contributed by atoms with van der Waals surface area (Å²) in [4.78, 5) is 3.07. The van der Waals surface area contributed by atoms with Crippen LogP contribution in [0.25, 0.3) is 5.69 Å². The Morgan fingerprint density at radius 3 is 2.14 bits per heavy atom. The zero-order chi connectivity index (χ0) is 16.7. The summed E-state index contributed by atoms with van der Waals surface area (Å²) in [5.41, 5.74) is 0.561. The number of benzene rings is 1. The average molecular weight is 353 g/mol. The number of alkyl halides is 3. The first-order valence-corrected chi connectivity index (χ1v) is 6.99. The molecule has 0 amide bonds. The summed E-state index contributed by atoms with van der Waals surface area (Å²) >= 11 is 11.9. The van der Waals surface area contributed by atoms with Crippen LogP contribution in [0.1, 0.15) is 17.0 Å². The maximum Gasteiger partial charge on any atom is 0.416 e. The van der Waals surface area contributed by atoms with Gasteiger partial charge in [-0.25, -0.2) is 0 Å². The Balaban J connectivity index is 2.50. The molecule has 9 heteroatoms. The number of hydrogen-bond acceptors (Lipinski definition) is 3. The van der Waals surface area contributed by atoms with E-state index in [4.69, 9.17) is 23.2 Å². The van der Waals surface area contributed by atoms with Crippen LogP contribution in [0.3, 0.4) is 0 Å². The molecule has 0 fully saturated rings. The summed E-state index contributed by atoms with van der Waals surface area (Å²) in [6.45, 7) is 2.30. The van der Waals surface area contributed by atoms with Gasteiger partial charge in [-0.1, -0.05) is 23.2 Å². The molecule has 1 heterocycles. The van der Waals surface area contributed by atoms with Gasteiger partial charge in [0.15, 0.2) is 0 Å². The van der Waals surface area contributed by atoms with Crippen molar-refractivity contribution in [1.29, 1.82) is 0 Å². The van der Waals surface area contributed by atoms with E-state index in [1.54, 1.807) is 6.92 Å². The molecular formula is C13H13Cl2F3N4. The highest BCUT2D eigenvalue weighted by molar-refractivity contribution is 6.37. The fraction of sp³-hybridized carbons (Fsp3) is 0.385. The third kappa shape index (κ3) is 3.53. The first-order valence-electron chi connectivity index (χ1n) is 6.23. The van der Waals surface area contributed by atoms with E-state index >= 15 is 0 Å². The smallest absolute Gasteiger partial charge is 0.303 e. The van der Waals surface area contributed by atoms with E-state index < -0.39 is 11.7 Å². The number of halogens is 5. The van der Waals surface area contributed by atoms with Crippen LogP contribution in [0.5, 0.6) is 0 Å². The van der Waals surface area contributed by atoms with Gasteiger partial charge in [0, 0.05) is 6.54 Å². The van der Waals surface area contributed by atoms with Crippen molar-refractivity contribution in [2.45, 2.75) is 19.6 Å². The minimum absolute atomic E-state index is 0.129. The van der Waals surface area contributed by atoms with Crippen LogP contribution in [0.2, 0.25) is 10.0 Å². The fourth-order valence-corrected chi connectivity index (χ4v) is 2.51. The second-order valence-electron chi connectivity index (χ2n) is 5.05. The molecule has 0 bridgehead atoms. The molecular weight excluding hydrogens is 340 g/mol. The summed E-state index contributed by atoms with van der Waals surface area (Å²) in [6.07, 6.45) is -4.52. The van der Waals surface area contributed by atoms with E-state index in [0.29, 0.717) is 17.9 Å². The molecule has 22 heavy (non-hydrogen) atoms. The Morgan fingerprint density at radius 2 is 1.68 bits per heavy atom. The standard InChI is InChI=1S/C13H13Cl2F3N4/c1-7-11(6-21(2)3)20-22(19-7)12-9(14)4-8(5-10(12)15)13(16,17)18/h4-5H,6H2,1-3H3. The van der Waals surface area contributed by atoms with Crippen molar-refractivity contribution in [2.75, 3.05) is 14.1 Å². The maximum atomic E-state index is 12.7. The van der Waals surface area contributed by atoms with E-state index in [2.05, 4.69) is 10.2 Å². The quantitative estimate of drug-likeness (QED) is 0.838. The highest BCUT2D eigenvalue weighted by Gasteiger charge is 2.32. The van der Waals surface area contributed by atoms with Gasteiger partial charge in [-0.15, -0.1) is 4.80 Å². The van der Waals surface area contributed by atoms with Crippen molar-refractivity contribution < 1.29 is 13.2 Å². The van der Waals surface area contributed by atoms with Crippen molar-refractivity contribution in [3.63, 3.8) is 0 Å². The van der Waals surface area contributed by atoms with Crippen molar-refractivity contribution in [3.05, 3.63) is 39.1 Å². The van der Waals surface area contributed by atoms with Gasteiger partial charge in [-0.2, -0.15) is 23.4 Å². The molecule has 2 aromatic rings. The molecule has 4 nitrogen and oxygen atoms in total. The summed E-state index contributed by atoms with van der Waals surface area (Å²) in [5.74, 6) is 0. The monoisotopic (exact) mass is 352 g/mol. The molecule has 0 unspecified atom stereocenters. The molecule has 0 saturated heterocycles. The number of aromatic nitrogens is 3. The van der Waals surface area contributed by atoms with Crippen molar-refractivity contribution in [3.8, 4) is 5.69 Å². The molecule has 1 aromatic carbocycles. The van der Waals surface area contributed by atoms with Gasteiger partial charge < -0.3 is 4.90 Å². The van der Waals surface area contributed by atoms with Crippen LogP contribution >= 0.6 is 23.2 Å². The molecule has 0 aliphatic rings. The molecule has 0 radical (unpaired) electrons. The second kappa shape index (κ2) is 6.06. The molecule has 0 atom stereocenters. The van der Waals surface area contributed by atoms with Gasteiger partial charge in [0.05, 0.1) is 21.3 Å². The Morgan fingerprint density at radius 1 is 1.14 bits per heavy atom. The molecule has 120 valence electrons. The van der Waals surface area contributed by atoms with Gasteiger partial charge >= 0.3 is 6.18 Å². The predicted molar refractivity (Wildman–Crippen MR) is 78.5 cm³/mol. The van der Waals surface area contributed by atoms with Crippen LogP contribution in [-0.4, -0.2) is 34.0 Å². The largest absolute Gasteiger partial charge is 0.416 e. The van der Waals surface area contributed by atoms with E-state index in [-0.39, 0.29) is 15.7 Å². The predicted octanol–water partition coefficient (Wildman–Crippen LogP) is 3.96. The van der Waals surface area contributed by atoms with Crippen molar-refractivity contribution in [1.82, 2.24) is 19.9 Å². The number of aryl methyl sites for hydroxylation is 1. The van der Waals surface area contributed by atoms with E-state index in [1.165, 1.54) is 4.80 Å². The first kappa shape index (κ1) is 17.1. The van der Waals surface area contributed by atoms with Gasteiger partial charge in [0.2, 0.25) is 0 Å². The Kier molecular flexibility index (Phi) is 4.70. The van der Waals surface area contributed by atoms with Crippen molar-refractivity contribution in [2.24, 2.45) is 0 Å². The van der Waals surface area contributed by atoms with Gasteiger partial charge in [0.25, 0.3) is 0 Å². The molecule has 0 N–H and O–H groups in total. The average Bonchev–Trinajstić information content (AvgIpc) is 2.67. The summed E-state index contributed by atoms with van der Waals surface area (Å²) in [7, 11) is 3.74. The molecule has 2 rings (SSSR count). The third-order valence-corrected chi connectivity index (χ3v) is 3.46. The minimum atomic E-state index is -4.52. The molecule has 0 saturated carbocycles. The summed E-state index contributed by atoms with van der Waals surface area (Å²) in [5, 5.41) is 8.10. The molecule has 0 spiro atoms. The first-order chi connectivity index (χ1) is 10.1. The number of rotatable bonds is 3. The zero-order valence-corrected chi connectivity index (χ0v) is 13.6. The van der Waals surface area contributed by atoms with Crippen LogP contribution in [0.15, 0.2) is 12.1 Å². The van der Waals surface area contributed by atoms with Crippen LogP contribution in [0, 0.1) is 6.92 Å². The SMILES string of the molecule is Cc1nn(-c2c(Cl)cc(C(F)(F)F)cc2Cl)nc1CN(C)C. The van der Waals surface area contributed by atoms with Gasteiger partial charge in [-0.3, -0.25) is 0 Å².